The first-order valence-corrected chi connectivity index (χ1v) is 5.04. The van der Waals surface area contributed by atoms with E-state index in [2.05, 4.69) is 4.98 Å². The van der Waals surface area contributed by atoms with Gasteiger partial charge in [0.2, 0.25) is 0 Å². The van der Waals surface area contributed by atoms with Crippen molar-refractivity contribution in [3.63, 3.8) is 0 Å². The molecule has 3 N–H and O–H groups in total. The van der Waals surface area contributed by atoms with Crippen molar-refractivity contribution in [2.24, 2.45) is 0 Å². The summed E-state index contributed by atoms with van der Waals surface area (Å²) in [5, 5.41) is 0. The summed E-state index contributed by atoms with van der Waals surface area (Å²) in [6, 6.07) is 6.02. The molecular weight excluding hydrogens is 245 g/mol. The predicted molar refractivity (Wildman–Crippen MR) is 61.9 cm³/mol. The number of benzene rings is 1. The molecule has 0 bridgehead atoms. The number of aromatic nitrogens is 1. The fourth-order valence-corrected chi connectivity index (χ4v) is 1.58. The third-order valence-electron chi connectivity index (χ3n) is 2.52. The number of nitrogens with one attached hydrogen (secondary N) is 1. The lowest BCUT2D eigenvalue weighted by atomic mass is 10.0. The Morgan fingerprint density at radius 1 is 1.06 bits per heavy atom. The number of hydrogen-bond donors (Lipinski definition) is 2. The highest BCUT2D eigenvalue weighted by Crippen LogP contribution is 2.31. The molecule has 18 heavy (non-hydrogen) atoms. The van der Waals surface area contributed by atoms with E-state index < -0.39 is 17.3 Å². The van der Waals surface area contributed by atoms with E-state index in [0.717, 1.165) is 12.1 Å². The third-order valence-corrected chi connectivity index (χ3v) is 2.52. The maximum absolute atomic E-state index is 12.4. The lowest BCUT2D eigenvalue weighted by Gasteiger charge is -2.08. The Morgan fingerprint density at radius 3 is 2.22 bits per heavy atom. The number of halogens is 3. The van der Waals surface area contributed by atoms with Crippen molar-refractivity contribution in [1.82, 2.24) is 4.98 Å². The number of nitrogens with two attached hydrogens (primary N) is 1. The van der Waals surface area contributed by atoms with Crippen molar-refractivity contribution in [3.8, 4) is 11.1 Å². The number of hydrogen-bond acceptors (Lipinski definition) is 2. The van der Waals surface area contributed by atoms with Crippen LogP contribution in [0.25, 0.3) is 11.1 Å². The summed E-state index contributed by atoms with van der Waals surface area (Å²) in [6.07, 6.45) is -2.98. The minimum Gasteiger partial charge on any atom is -0.394 e. The number of pyridine rings is 1. The van der Waals surface area contributed by atoms with Crippen molar-refractivity contribution in [1.29, 1.82) is 0 Å². The summed E-state index contributed by atoms with van der Waals surface area (Å²) < 4.78 is 37.2. The van der Waals surface area contributed by atoms with Crippen LogP contribution in [0.3, 0.4) is 0 Å². The molecule has 0 fully saturated rings. The van der Waals surface area contributed by atoms with Crippen LogP contribution < -0.4 is 11.3 Å². The van der Waals surface area contributed by atoms with Crippen LogP contribution in [0.2, 0.25) is 0 Å². The van der Waals surface area contributed by atoms with Crippen molar-refractivity contribution in [3.05, 3.63) is 52.4 Å². The molecule has 0 unspecified atom stereocenters. The average molecular weight is 254 g/mol. The first-order valence-electron chi connectivity index (χ1n) is 5.04. The number of rotatable bonds is 1. The smallest absolute Gasteiger partial charge is 0.394 e. The third kappa shape index (κ3) is 2.22. The van der Waals surface area contributed by atoms with E-state index in [9.17, 15) is 18.0 Å². The zero-order valence-corrected chi connectivity index (χ0v) is 9.08. The van der Waals surface area contributed by atoms with E-state index in [1.165, 1.54) is 18.3 Å². The van der Waals surface area contributed by atoms with Gasteiger partial charge in [0.1, 0.15) is 5.69 Å². The van der Waals surface area contributed by atoms with Gasteiger partial charge in [-0.25, -0.2) is 0 Å². The molecule has 2 aromatic rings. The van der Waals surface area contributed by atoms with Gasteiger partial charge in [0.25, 0.3) is 5.56 Å². The minimum atomic E-state index is -4.38. The normalized spacial score (nSPS) is 11.5. The number of anilines is 1. The molecule has 0 saturated heterocycles. The van der Waals surface area contributed by atoms with Crippen molar-refractivity contribution in [2.75, 3.05) is 5.73 Å². The molecule has 0 aliphatic heterocycles. The van der Waals surface area contributed by atoms with Crippen LogP contribution in [0.4, 0.5) is 18.9 Å². The van der Waals surface area contributed by atoms with Gasteiger partial charge in [-0.3, -0.25) is 4.79 Å². The van der Waals surface area contributed by atoms with Crippen LogP contribution in [0.1, 0.15) is 5.56 Å². The first-order chi connectivity index (χ1) is 8.39. The standard InChI is InChI=1S/C12H9F3N2O/c13-12(14,15)8-3-1-7(2-4-8)9-5-6-17-11(18)10(9)16/h1-6H,16H2,(H,17,18). The van der Waals surface area contributed by atoms with Crippen LogP contribution >= 0.6 is 0 Å². The van der Waals surface area contributed by atoms with Crippen LogP contribution in [0.5, 0.6) is 0 Å². The highest BCUT2D eigenvalue weighted by molar-refractivity contribution is 5.75. The SMILES string of the molecule is Nc1c(-c2ccc(C(F)(F)F)cc2)cc[nH]c1=O. The number of aromatic amines is 1. The van der Waals surface area contributed by atoms with Gasteiger partial charge in [-0.05, 0) is 23.8 Å². The van der Waals surface area contributed by atoms with E-state index in [1.807, 2.05) is 0 Å². The summed E-state index contributed by atoms with van der Waals surface area (Å²) in [7, 11) is 0. The van der Waals surface area contributed by atoms with E-state index in [-0.39, 0.29) is 5.69 Å². The molecule has 0 spiro atoms. The second kappa shape index (κ2) is 4.21. The predicted octanol–water partition coefficient (Wildman–Crippen LogP) is 2.64. The van der Waals surface area contributed by atoms with E-state index in [1.54, 1.807) is 6.07 Å². The van der Waals surface area contributed by atoms with Crippen molar-refractivity contribution < 1.29 is 13.2 Å². The largest absolute Gasteiger partial charge is 0.416 e. The topological polar surface area (TPSA) is 58.9 Å². The molecule has 94 valence electrons. The Hall–Kier alpha value is -2.24. The van der Waals surface area contributed by atoms with Gasteiger partial charge in [-0.2, -0.15) is 13.2 Å². The lowest BCUT2D eigenvalue weighted by molar-refractivity contribution is -0.137. The maximum atomic E-state index is 12.4. The quantitative estimate of drug-likeness (QED) is 0.821. The van der Waals surface area contributed by atoms with E-state index >= 15 is 0 Å². The first kappa shape index (κ1) is 12.2. The summed E-state index contributed by atoms with van der Waals surface area (Å²) in [6.45, 7) is 0. The summed E-state index contributed by atoms with van der Waals surface area (Å²) in [5.74, 6) is 0. The second-order valence-corrected chi connectivity index (χ2v) is 3.71. The monoisotopic (exact) mass is 254 g/mol. The van der Waals surface area contributed by atoms with Gasteiger partial charge >= 0.3 is 6.18 Å². The lowest BCUT2D eigenvalue weighted by Crippen LogP contribution is -2.12. The second-order valence-electron chi connectivity index (χ2n) is 3.71. The Kier molecular flexibility index (Phi) is 2.86. The van der Waals surface area contributed by atoms with E-state index in [4.69, 9.17) is 5.73 Å². The molecule has 1 heterocycles. The molecule has 0 amide bonds. The molecular formula is C12H9F3N2O. The highest BCUT2D eigenvalue weighted by atomic mass is 19.4. The summed E-state index contributed by atoms with van der Waals surface area (Å²) >= 11 is 0. The molecule has 0 atom stereocenters. The Morgan fingerprint density at radius 2 is 1.67 bits per heavy atom. The summed E-state index contributed by atoms with van der Waals surface area (Å²) in [5.41, 5.74) is 5.22. The van der Waals surface area contributed by atoms with E-state index in [0.29, 0.717) is 11.1 Å². The van der Waals surface area contributed by atoms with Crippen LogP contribution in [-0.4, -0.2) is 4.98 Å². The van der Waals surface area contributed by atoms with Gasteiger partial charge in [0.05, 0.1) is 5.56 Å². The average Bonchev–Trinajstić information content (AvgIpc) is 2.32. The zero-order chi connectivity index (χ0) is 13.3. The molecule has 0 aliphatic rings. The number of alkyl halides is 3. The van der Waals surface area contributed by atoms with Crippen LogP contribution in [0.15, 0.2) is 41.3 Å². The minimum absolute atomic E-state index is 0.0164. The Balaban J connectivity index is 2.47. The molecule has 0 saturated carbocycles. The van der Waals surface area contributed by atoms with Crippen molar-refractivity contribution >= 4 is 5.69 Å². The Labute approximate surface area is 100 Å². The number of nitrogen functional groups attached to an aromatic ring is 1. The van der Waals surface area contributed by atoms with Gasteiger partial charge in [-0.15, -0.1) is 0 Å². The molecule has 0 aliphatic carbocycles. The van der Waals surface area contributed by atoms with Gasteiger partial charge < -0.3 is 10.7 Å². The van der Waals surface area contributed by atoms with Gasteiger partial charge in [0.15, 0.2) is 0 Å². The number of H-pyrrole nitrogens is 1. The highest BCUT2D eigenvalue weighted by Gasteiger charge is 2.30. The fraction of sp³-hybridized carbons (Fsp3) is 0.0833. The molecule has 3 nitrogen and oxygen atoms in total. The molecule has 0 radical (unpaired) electrons. The fourth-order valence-electron chi connectivity index (χ4n) is 1.58. The molecule has 1 aromatic carbocycles. The Bertz CT molecular complexity index is 614. The van der Waals surface area contributed by atoms with Gasteiger partial charge in [0, 0.05) is 11.8 Å². The maximum Gasteiger partial charge on any atom is 0.416 e. The van der Waals surface area contributed by atoms with Crippen molar-refractivity contribution in [2.45, 2.75) is 6.18 Å². The molecule has 2 rings (SSSR count). The molecule has 1 aromatic heterocycles. The zero-order valence-electron chi connectivity index (χ0n) is 9.08. The van der Waals surface area contributed by atoms with Crippen LogP contribution in [0, 0.1) is 0 Å². The summed E-state index contributed by atoms with van der Waals surface area (Å²) in [4.78, 5) is 13.7. The van der Waals surface area contributed by atoms with Gasteiger partial charge in [-0.1, -0.05) is 12.1 Å². The molecule has 6 heteroatoms. The van der Waals surface area contributed by atoms with Crippen LogP contribution in [-0.2, 0) is 6.18 Å².